The summed E-state index contributed by atoms with van der Waals surface area (Å²) in [6.07, 6.45) is 11.1. The van der Waals surface area contributed by atoms with Crippen molar-refractivity contribution in [1.29, 1.82) is 0 Å². The Balaban J connectivity index is 1.22. The molecule has 5 aliphatic rings. The van der Waals surface area contributed by atoms with Gasteiger partial charge in [-0.2, -0.15) is 0 Å². The van der Waals surface area contributed by atoms with E-state index in [9.17, 15) is 8.78 Å². The van der Waals surface area contributed by atoms with Gasteiger partial charge in [0.05, 0.1) is 17.7 Å². The molecule has 36 heavy (non-hydrogen) atoms. The fraction of sp³-hybridized carbons (Fsp3) is 0.562. The van der Waals surface area contributed by atoms with Crippen LogP contribution in [0.1, 0.15) is 69.8 Å². The number of nitrogens with zero attached hydrogens (tertiary/aromatic N) is 1. The van der Waals surface area contributed by atoms with Crippen LogP contribution >= 0.6 is 0 Å². The molecule has 0 amide bonds. The molecular weight excluding hydrogens is 452 g/mol. The average Bonchev–Trinajstić information content (AvgIpc) is 3.38. The molecule has 3 fully saturated rings. The van der Waals surface area contributed by atoms with Crippen LogP contribution in [0, 0.1) is 11.3 Å². The molecule has 0 radical (unpaired) electrons. The van der Waals surface area contributed by atoms with Gasteiger partial charge in [-0.05, 0) is 103 Å². The van der Waals surface area contributed by atoms with E-state index >= 15 is 0 Å². The van der Waals surface area contributed by atoms with Gasteiger partial charge in [-0.3, -0.25) is 4.90 Å². The van der Waals surface area contributed by atoms with Gasteiger partial charge in [-0.15, -0.1) is 0 Å². The van der Waals surface area contributed by atoms with Crippen molar-refractivity contribution in [2.75, 3.05) is 13.6 Å². The number of halogens is 2. The molecular formula is C32H37F2NO. The van der Waals surface area contributed by atoms with Gasteiger partial charge in [0.25, 0.3) is 6.43 Å². The van der Waals surface area contributed by atoms with Crippen LogP contribution in [0.25, 0.3) is 10.8 Å². The first-order valence-corrected chi connectivity index (χ1v) is 13.9. The van der Waals surface area contributed by atoms with Crippen molar-refractivity contribution in [1.82, 2.24) is 4.90 Å². The summed E-state index contributed by atoms with van der Waals surface area (Å²) in [7, 11) is 1.86. The molecule has 6 atom stereocenters. The van der Waals surface area contributed by atoms with Crippen LogP contribution < -0.4 is 0 Å². The predicted octanol–water partition coefficient (Wildman–Crippen LogP) is 7.65. The number of hydrogen-bond donors (Lipinski definition) is 0. The SMILES string of the molecule is CN(CC(F)F)[C@@H]1CCC2=CC3=CC[C@]4(C)C(c5ccc6ccccc6c5)CC[C@H]4C34CC[C@]2(C1)O4. The lowest BCUT2D eigenvalue weighted by molar-refractivity contribution is -0.141. The van der Waals surface area contributed by atoms with Crippen molar-refractivity contribution in [2.24, 2.45) is 11.3 Å². The summed E-state index contributed by atoms with van der Waals surface area (Å²) in [4.78, 5) is 1.88. The van der Waals surface area contributed by atoms with Crippen LogP contribution in [0.5, 0.6) is 0 Å². The largest absolute Gasteiger partial charge is 0.359 e. The van der Waals surface area contributed by atoms with Crippen molar-refractivity contribution in [2.45, 2.75) is 87.9 Å². The highest BCUT2D eigenvalue weighted by Crippen LogP contribution is 2.69. The molecule has 2 nitrogen and oxygen atoms in total. The summed E-state index contributed by atoms with van der Waals surface area (Å²) in [6.45, 7) is 2.37. The fourth-order valence-electron chi connectivity index (χ4n) is 9.10. The minimum absolute atomic E-state index is 0.149. The third-order valence-corrected chi connectivity index (χ3v) is 10.9. The normalized spacial score (nSPS) is 39.1. The van der Waals surface area contributed by atoms with Crippen LogP contribution in [-0.2, 0) is 4.74 Å². The van der Waals surface area contributed by atoms with Crippen LogP contribution in [0.3, 0.4) is 0 Å². The number of ether oxygens (including phenoxy) is 1. The lowest BCUT2D eigenvalue weighted by Gasteiger charge is -2.55. The highest BCUT2D eigenvalue weighted by molar-refractivity contribution is 5.83. The molecule has 190 valence electrons. The van der Waals surface area contributed by atoms with Gasteiger partial charge in [0, 0.05) is 6.04 Å². The molecule has 2 aliphatic heterocycles. The maximum absolute atomic E-state index is 13.1. The first-order valence-electron chi connectivity index (χ1n) is 13.9. The van der Waals surface area contributed by atoms with Crippen molar-refractivity contribution >= 4 is 10.8 Å². The summed E-state index contributed by atoms with van der Waals surface area (Å²) in [5.74, 6) is 1.03. The molecule has 0 aromatic heterocycles. The summed E-state index contributed by atoms with van der Waals surface area (Å²) < 4.78 is 33.6. The number of alkyl halides is 2. The Kier molecular flexibility index (Phi) is 5.12. The standard InChI is InChI=1S/C32H37F2NO/c1-30-14-13-25-18-24-9-10-26(35(2)20-29(33)34)19-31(24)15-16-32(25,36-31)28(30)12-11-27(30)23-8-7-21-5-3-4-6-22(21)17-23/h3-8,13,17-18,26-29H,9-12,14-16,19-20H2,1-2H3/t26-,27?,28-,30-,31-,32?/m1/s1. The second-order valence-electron chi connectivity index (χ2n) is 12.5. The van der Waals surface area contributed by atoms with E-state index in [0.717, 1.165) is 38.5 Å². The molecule has 2 heterocycles. The molecule has 2 spiro atoms. The second kappa shape index (κ2) is 7.98. The Labute approximate surface area is 213 Å². The number of hydrogen-bond acceptors (Lipinski definition) is 2. The van der Waals surface area contributed by atoms with E-state index in [1.807, 2.05) is 11.9 Å². The highest BCUT2D eigenvalue weighted by Gasteiger charge is 2.66. The van der Waals surface area contributed by atoms with Gasteiger partial charge in [0.2, 0.25) is 0 Å². The van der Waals surface area contributed by atoms with Crippen LogP contribution in [-0.4, -0.2) is 42.2 Å². The van der Waals surface area contributed by atoms with Gasteiger partial charge in [-0.25, -0.2) is 8.78 Å². The van der Waals surface area contributed by atoms with E-state index in [1.54, 1.807) is 0 Å². The van der Waals surface area contributed by atoms with Crippen LogP contribution in [0.2, 0.25) is 0 Å². The first-order chi connectivity index (χ1) is 17.3. The van der Waals surface area contributed by atoms with E-state index in [1.165, 1.54) is 40.3 Å². The summed E-state index contributed by atoms with van der Waals surface area (Å²) in [5, 5.41) is 2.63. The van der Waals surface area contributed by atoms with Gasteiger partial charge in [-0.1, -0.05) is 61.5 Å². The first kappa shape index (κ1) is 23.1. The van der Waals surface area contributed by atoms with E-state index in [4.69, 9.17) is 4.74 Å². The minimum atomic E-state index is -2.29. The van der Waals surface area contributed by atoms with Crippen LogP contribution in [0.4, 0.5) is 8.78 Å². The third-order valence-electron chi connectivity index (χ3n) is 10.9. The van der Waals surface area contributed by atoms with E-state index in [-0.39, 0.29) is 29.2 Å². The Morgan fingerprint density at radius 3 is 2.72 bits per heavy atom. The van der Waals surface area contributed by atoms with Gasteiger partial charge in [0.15, 0.2) is 0 Å². The molecule has 2 unspecified atom stereocenters. The van der Waals surface area contributed by atoms with Crippen molar-refractivity contribution in [3.63, 3.8) is 0 Å². The third kappa shape index (κ3) is 3.19. The number of allylic oxidation sites excluding steroid dienone is 1. The van der Waals surface area contributed by atoms with E-state index in [0.29, 0.717) is 11.8 Å². The maximum atomic E-state index is 13.1. The lowest BCUT2D eigenvalue weighted by atomic mass is 9.58. The van der Waals surface area contributed by atoms with Gasteiger partial charge in [0.1, 0.15) is 0 Å². The monoisotopic (exact) mass is 489 g/mol. The lowest BCUT2D eigenvalue weighted by Crippen LogP contribution is -2.55. The fourth-order valence-corrected chi connectivity index (χ4v) is 9.10. The zero-order chi connectivity index (χ0) is 24.7. The van der Waals surface area contributed by atoms with E-state index in [2.05, 4.69) is 61.5 Å². The molecule has 2 aromatic carbocycles. The summed E-state index contributed by atoms with van der Waals surface area (Å²) >= 11 is 0. The zero-order valence-electron chi connectivity index (χ0n) is 21.5. The Bertz CT molecular complexity index is 1270. The molecule has 2 saturated carbocycles. The maximum Gasteiger partial charge on any atom is 0.251 e. The molecule has 1 saturated heterocycles. The van der Waals surface area contributed by atoms with E-state index < -0.39 is 6.43 Å². The quantitative estimate of drug-likeness (QED) is 0.437. The predicted molar refractivity (Wildman–Crippen MR) is 140 cm³/mol. The summed E-state index contributed by atoms with van der Waals surface area (Å²) in [5.41, 5.74) is 4.03. The highest BCUT2D eigenvalue weighted by atomic mass is 19.3. The second-order valence-corrected chi connectivity index (χ2v) is 12.5. The topological polar surface area (TPSA) is 12.5 Å². The molecule has 0 N–H and O–H groups in total. The average molecular weight is 490 g/mol. The number of benzene rings is 2. The van der Waals surface area contributed by atoms with Crippen molar-refractivity contribution < 1.29 is 13.5 Å². The molecule has 2 bridgehead atoms. The summed E-state index contributed by atoms with van der Waals surface area (Å²) in [6, 6.07) is 15.9. The minimum Gasteiger partial charge on any atom is -0.359 e. The Morgan fingerprint density at radius 1 is 1.06 bits per heavy atom. The smallest absolute Gasteiger partial charge is 0.251 e. The number of rotatable bonds is 4. The molecule has 3 aliphatic carbocycles. The Morgan fingerprint density at radius 2 is 1.89 bits per heavy atom. The van der Waals surface area contributed by atoms with Gasteiger partial charge < -0.3 is 4.74 Å². The van der Waals surface area contributed by atoms with Gasteiger partial charge >= 0.3 is 0 Å². The zero-order valence-corrected chi connectivity index (χ0v) is 21.5. The molecule has 2 aromatic rings. The number of fused-ring (bicyclic) bond motifs is 2. The van der Waals surface area contributed by atoms with Crippen molar-refractivity contribution in [3.05, 3.63) is 71.3 Å². The van der Waals surface area contributed by atoms with Crippen molar-refractivity contribution in [3.8, 4) is 0 Å². The Hall–Kier alpha value is -2.04. The molecule has 7 rings (SSSR count). The molecule has 4 heteroatoms. The van der Waals surface area contributed by atoms with Crippen LogP contribution in [0.15, 0.2) is 65.8 Å².